The summed E-state index contributed by atoms with van der Waals surface area (Å²) < 4.78 is 5.49. The Morgan fingerprint density at radius 3 is 2.81 bits per heavy atom. The number of hydrogen-bond acceptors (Lipinski definition) is 3. The number of nitrogens with one attached hydrogen (secondary N) is 1. The van der Waals surface area contributed by atoms with Crippen molar-refractivity contribution in [1.29, 1.82) is 0 Å². The van der Waals surface area contributed by atoms with E-state index < -0.39 is 0 Å². The lowest BCUT2D eigenvalue weighted by atomic mass is 9.97. The number of nitrogens with zero attached hydrogens (tertiary/aromatic N) is 1. The predicted octanol–water partition coefficient (Wildman–Crippen LogP) is 4.10. The Morgan fingerprint density at radius 2 is 2.08 bits per heavy atom. The maximum absolute atomic E-state index is 11.6. The summed E-state index contributed by atoms with van der Waals surface area (Å²) in [6.07, 6.45) is 2.67. The third-order valence-corrected chi connectivity index (χ3v) is 5.43. The molecular formula is C22H26N2O2. The minimum Gasteiger partial charge on any atom is -0.381 e. The van der Waals surface area contributed by atoms with E-state index in [1.54, 1.807) is 0 Å². The second-order valence-corrected chi connectivity index (χ2v) is 7.22. The molecule has 136 valence electrons. The molecule has 2 aromatic carbocycles. The van der Waals surface area contributed by atoms with Crippen LogP contribution in [-0.4, -0.2) is 25.7 Å². The average Bonchev–Trinajstić information content (AvgIpc) is 3.33. The van der Waals surface area contributed by atoms with Gasteiger partial charge in [-0.25, -0.2) is 0 Å². The Balaban J connectivity index is 1.43. The third-order valence-electron chi connectivity index (χ3n) is 5.43. The van der Waals surface area contributed by atoms with Crippen molar-refractivity contribution in [2.45, 2.75) is 38.6 Å². The van der Waals surface area contributed by atoms with Crippen LogP contribution < -0.4 is 10.2 Å². The van der Waals surface area contributed by atoms with Crippen LogP contribution in [0.15, 0.2) is 42.5 Å². The van der Waals surface area contributed by atoms with E-state index in [-0.39, 0.29) is 5.91 Å². The first-order valence-corrected chi connectivity index (χ1v) is 9.57. The van der Waals surface area contributed by atoms with Crippen LogP contribution in [0.4, 0.5) is 11.4 Å². The Kier molecular flexibility index (Phi) is 4.93. The molecule has 0 bridgehead atoms. The topological polar surface area (TPSA) is 41.6 Å². The van der Waals surface area contributed by atoms with Crippen LogP contribution in [0.2, 0.25) is 0 Å². The number of rotatable bonds is 5. The summed E-state index contributed by atoms with van der Waals surface area (Å²) in [5.41, 5.74) is 6.24. The van der Waals surface area contributed by atoms with E-state index in [2.05, 4.69) is 46.6 Å². The molecule has 0 aliphatic carbocycles. The highest BCUT2D eigenvalue weighted by atomic mass is 16.5. The number of fused-ring (bicyclic) bond motifs is 1. The summed E-state index contributed by atoms with van der Waals surface area (Å²) in [7, 11) is 0. The first-order chi connectivity index (χ1) is 12.7. The van der Waals surface area contributed by atoms with Crippen molar-refractivity contribution < 1.29 is 9.53 Å². The fourth-order valence-corrected chi connectivity index (χ4v) is 3.87. The molecule has 4 rings (SSSR count). The van der Waals surface area contributed by atoms with E-state index in [0.717, 1.165) is 44.8 Å². The summed E-state index contributed by atoms with van der Waals surface area (Å²) in [4.78, 5) is 14.0. The van der Waals surface area contributed by atoms with Crippen molar-refractivity contribution in [3.8, 4) is 0 Å². The molecule has 1 N–H and O–H groups in total. The largest absolute Gasteiger partial charge is 0.381 e. The summed E-state index contributed by atoms with van der Waals surface area (Å²) >= 11 is 0. The van der Waals surface area contributed by atoms with Gasteiger partial charge < -0.3 is 15.0 Å². The van der Waals surface area contributed by atoms with E-state index in [1.165, 1.54) is 22.4 Å². The molecule has 1 amide bonds. The van der Waals surface area contributed by atoms with Crippen molar-refractivity contribution in [3.63, 3.8) is 0 Å². The maximum Gasteiger partial charge on any atom is 0.224 e. The molecule has 26 heavy (non-hydrogen) atoms. The lowest BCUT2D eigenvalue weighted by Crippen LogP contribution is -2.19. The minimum absolute atomic E-state index is 0.0626. The van der Waals surface area contributed by atoms with Crippen LogP contribution >= 0.6 is 0 Å². The number of amides is 1. The van der Waals surface area contributed by atoms with Crippen molar-refractivity contribution in [2.75, 3.05) is 30.0 Å². The van der Waals surface area contributed by atoms with Gasteiger partial charge in [-0.3, -0.25) is 4.79 Å². The van der Waals surface area contributed by atoms with Crippen LogP contribution in [0.1, 0.15) is 42.4 Å². The molecule has 0 aromatic heterocycles. The quantitative estimate of drug-likeness (QED) is 0.883. The number of benzene rings is 2. The Hall–Kier alpha value is -2.33. The highest BCUT2D eigenvalue weighted by Crippen LogP contribution is 2.32. The van der Waals surface area contributed by atoms with E-state index >= 15 is 0 Å². The molecule has 1 atom stereocenters. The number of hydrogen-bond donors (Lipinski definition) is 1. The molecule has 2 heterocycles. The molecule has 0 radical (unpaired) electrons. The lowest BCUT2D eigenvalue weighted by Gasteiger charge is -2.20. The molecule has 0 spiro atoms. The van der Waals surface area contributed by atoms with Gasteiger partial charge in [0.05, 0.1) is 6.61 Å². The van der Waals surface area contributed by atoms with Crippen molar-refractivity contribution >= 4 is 17.3 Å². The van der Waals surface area contributed by atoms with Gasteiger partial charge in [-0.2, -0.15) is 0 Å². The van der Waals surface area contributed by atoms with Gasteiger partial charge in [-0.1, -0.05) is 31.2 Å². The van der Waals surface area contributed by atoms with Gasteiger partial charge in [0, 0.05) is 43.4 Å². The summed E-state index contributed by atoms with van der Waals surface area (Å²) in [6, 6.07) is 15.3. The van der Waals surface area contributed by atoms with Gasteiger partial charge in [-0.15, -0.1) is 0 Å². The fraction of sp³-hybridized carbons (Fsp3) is 0.409. The molecule has 1 saturated heterocycles. The van der Waals surface area contributed by atoms with Crippen LogP contribution in [-0.2, 0) is 22.5 Å². The molecule has 1 fully saturated rings. The lowest BCUT2D eigenvalue weighted by molar-refractivity contribution is -0.115. The fourth-order valence-electron chi connectivity index (χ4n) is 3.87. The SMILES string of the molecule is CCC(=O)Nc1ccc2c(c1)CCN2Cc1ccc(C2CCOC2)cc1. The van der Waals surface area contributed by atoms with Gasteiger partial charge in [0.25, 0.3) is 0 Å². The van der Waals surface area contributed by atoms with Gasteiger partial charge in [0.15, 0.2) is 0 Å². The molecule has 0 saturated carbocycles. The molecule has 4 heteroatoms. The smallest absolute Gasteiger partial charge is 0.224 e. The Morgan fingerprint density at radius 1 is 1.23 bits per heavy atom. The second-order valence-electron chi connectivity index (χ2n) is 7.22. The molecule has 2 aliphatic rings. The van der Waals surface area contributed by atoms with Crippen LogP contribution in [0.25, 0.3) is 0 Å². The highest BCUT2D eigenvalue weighted by Gasteiger charge is 2.21. The zero-order valence-electron chi connectivity index (χ0n) is 15.3. The monoisotopic (exact) mass is 350 g/mol. The summed E-state index contributed by atoms with van der Waals surface area (Å²) in [6.45, 7) is 5.57. The van der Waals surface area contributed by atoms with Crippen LogP contribution in [0.5, 0.6) is 0 Å². The van der Waals surface area contributed by atoms with Gasteiger partial charge >= 0.3 is 0 Å². The first kappa shape index (κ1) is 17.1. The number of anilines is 2. The third kappa shape index (κ3) is 3.61. The van der Waals surface area contributed by atoms with Crippen LogP contribution in [0, 0.1) is 0 Å². The average molecular weight is 350 g/mol. The predicted molar refractivity (Wildman–Crippen MR) is 105 cm³/mol. The Bertz CT molecular complexity index is 779. The standard InChI is InChI=1S/C22H26N2O2/c1-2-22(25)23-20-7-8-21-18(13-20)9-11-24(21)14-16-3-5-17(6-4-16)19-10-12-26-15-19/h3-8,13,19H,2,9-12,14-15H2,1H3,(H,23,25). The first-order valence-electron chi connectivity index (χ1n) is 9.57. The van der Waals surface area contributed by atoms with E-state index in [1.807, 2.05) is 13.0 Å². The number of carbonyl (C=O) groups excluding carboxylic acids is 1. The van der Waals surface area contributed by atoms with Gasteiger partial charge in [-0.05, 0) is 47.7 Å². The normalized spacial score (nSPS) is 18.8. The van der Waals surface area contributed by atoms with Gasteiger partial charge in [0.1, 0.15) is 0 Å². The number of ether oxygens (including phenoxy) is 1. The van der Waals surface area contributed by atoms with Crippen molar-refractivity contribution in [3.05, 3.63) is 59.2 Å². The molecule has 1 unspecified atom stereocenters. The van der Waals surface area contributed by atoms with E-state index in [4.69, 9.17) is 4.74 Å². The van der Waals surface area contributed by atoms with E-state index in [9.17, 15) is 4.79 Å². The highest BCUT2D eigenvalue weighted by molar-refractivity contribution is 5.91. The molecule has 2 aromatic rings. The Labute approximate surface area is 155 Å². The summed E-state index contributed by atoms with van der Waals surface area (Å²) in [5.74, 6) is 0.626. The molecular weight excluding hydrogens is 324 g/mol. The maximum atomic E-state index is 11.6. The van der Waals surface area contributed by atoms with Crippen LogP contribution in [0.3, 0.4) is 0 Å². The van der Waals surface area contributed by atoms with Gasteiger partial charge in [0.2, 0.25) is 5.91 Å². The minimum atomic E-state index is 0.0626. The van der Waals surface area contributed by atoms with E-state index in [0.29, 0.717) is 12.3 Å². The zero-order chi connectivity index (χ0) is 17.9. The summed E-state index contributed by atoms with van der Waals surface area (Å²) in [5, 5.41) is 2.95. The zero-order valence-corrected chi connectivity index (χ0v) is 15.3. The van der Waals surface area contributed by atoms with Crippen molar-refractivity contribution in [1.82, 2.24) is 0 Å². The second kappa shape index (κ2) is 7.50. The number of carbonyl (C=O) groups is 1. The molecule has 2 aliphatic heterocycles. The van der Waals surface area contributed by atoms with Crippen molar-refractivity contribution in [2.24, 2.45) is 0 Å². The molecule has 4 nitrogen and oxygen atoms in total.